The van der Waals surface area contributed by atoms with Gasteiger partial charge in [0.2, 0.25) is 5.88 Å². The smallest absolute Gasteiger partial charge is 0.270 e. The molecule has 0 aliphatic carbocycles. The van der Waals surface area contributed by atoms with E-state index in [1.54, 1.807) is 25.7 Å². The molecule has 1 unspecified atom stereocenters. The molecule has 3 aromatic rings. The lowest BCUT2D eigenvalue weighted by Crippen LogP contribution is -2.44. The van der Waals surface area contributed by atoms with E-state index in [1.165, 1.54) is 0 Å². The molecule has 0 saturated carbocycles. The highest BCUT2D eigenvalue weighted by Gasteiger charge is 2.27. The van der Waals surface area contributed by atoms with Crippen molar-refractivity contribution in [2.75, 3.05) is 20.2 Å². The monoisotopic (exact) mass is 352 g/mol. The first-order valence-corrected chi connectivity index (χ1v) is 8.61. The van der Waals surface area contributed by atoms with E-state index in [-0.39, 0.29) is 12.0 Å². The lowest BCUT2D eigenvalue weighted by molar-refractivity contribution is 0.0522. The normalized spacial score (nSPS) is 17.3. The number of benzene rings is 1. The first kappa shape index (κ1) is 16.4. The third-order valence-electron chi connectivity index (χ3n) is 4.55. The number of nitrogens with one attached hydrogen (secondary N) is 1. The zero-order chi connectivity index (χ0) is 17.9. The Labute approximate surface area is 151 Å². The maximum atomic E-state index is 12.9. The Balaban J connectivity index is 1.48. The molecule has 3 heterocycles. The summed E-state index contributed by atoms with van der Waals surface area (Å²) in [6.07, 6.45) is 6.50. The molecule has 1 aromatic carbocycles. The van der Waals surface area contributed by atoms with Crippen molar-refractivity contribution < 1.29 is 14.3 Å². The van der Waals surface area contributed by atoms with Gasteiger partial charge in [-0.15, -0.1) is 0 Å². The van der Waals surface area contributed by atoms with Gasteiger partial charge in [-0.05, 0) is 31.0 Å². The molecule has 1 amide bonds. The number of nitrogens with zero attached hydrogens (tertiary/aromatic N) is 3. The highest BCUT2D eigenvalue weighted by atomic mass is 16.5. The second kappa shape index (κ2) is 7.03. The van der Waals surface area contributed by atoms with Gasteiger partial charge in [0.1, 0.15) is 17.5 Å². The molecule has 0 bridgehead atoms. The minimum Gasteiger partial charge on any atom is -0.497 e. The standard InChI is InChI=1S/C19H20N4O3/c1-25-14-5-4-13-9-17(22-16(13)10-14)19(24)23-8-2-3-15(12-23)26-18-11-20-6-7-21-18/h4-7,9-11,15,22H,2-3,8,12H2,1H3. The lowest BCUT2D eigenvalue weighted by atomic mass is 10.1. The maximum absolute atomic E-state index is 12.9. The summed E-state index contributed by atoms with van der Waals surface area (Å²) in [5.74, 6) is 1.23. The van der Waals surface area contributed by atoms with Crippen LogP contribution in [0.5, 0.6) is 11.6 Å². The number of piperidine rings is 1. The molecule has 7 nitrogen and oxygen atoms in total. The molecule has 1 saturated heterocycles. The zero-order valence-corrected chi connectivity index (χ0v) is 14.5. The molecule has 1 fully saturated rings. The fourth-order valence-electron chi connectivity index (χ4n) is 3.25. The quantitative estimate of drug-likeness (QED) is 0.781. The van der Waals surface area contributed by atoms with Gasteiger partial charge in [-0.1, -0.05) is 0 Å². The minimum absolute atomic E-state index is 0.0207. The summed E-state index contributed by atoms with van der Waals surface area (Å²) in [6.45, 7) is 1.26. The van der Waals surface area contributed by atoms with Crippen LogP contribution in [0.3, 0.4) is 0 Å². The SMILES string of the molecule is COc1ccc2cc(C(=O)N3CCCC(Oc4cnccn4)C3)[nH]c2c1. The molecule has 2 aromatic heterocycles. The highest BCUT2D eigenvalue weighted by molar-refractivity contribution is 5.98. The summed E-state index contributed by atoms with van der Waals surface area (Å²) < 4.78 is 11.1. The fraction of sp³-hybridized carbons (Fsp3) is 0.316. The number of likely N-dealkylation sites (tertiary alicyclic amines) is 1. The molecule has 1 aliphatic heterocycles. The van der Waals surface area contributed by atoms with E-state index in [9.17, 15) is 4.79 Å². The predicted molar refractivity (Wildman–Crippen MR) is 96.4 cm³/mol. The van der Waals surface area contributed by atoms with Gasteiger partial charge in [-0.2, -0.15) is 0 Å². The maximum Gasteiger partial charge on any atom is 0.270 e. The lowest BCUT2D eigenvalue weighted by Gasteiger charge is -2.32. The predicted octanol–water partition coefficient (Wildman–Crippen LogP) is 2.65. The van der Waals surface area contributed by atoms with E-state index in [4.69, 9.17) is 9.47 Å². The number of methoxy groups -OCH3 is 1. The summed E-state index contributed by atoms with van der Waals surface area (Å²) in [4.78, 5) is 26.1. The second-order valence-electron chi connectivity index (χ2n) is 6.31. The number of hydrogen-bond acceptors (Lipinski definition) is 5. The molecule has 7 heteroatoms. The van der Waals surface area contributed by atoms with Gasteiger partial charge in [0.25, 0.3) is 5.91 Å². The fourth-order valence-corrected chi connectivity index (χ4v) is 3.25. The van der Waals surface area contributed by atoms with Crippen LogP contribution >= 0.6 is 0 Å². The van der Waals surface area contributed by atoms with Crippen molar-refractivity contribution in [1.82, 2.24) is 19.9 Å². The summed E-state index contributed by atoms with van der Waals surface area (Å²) in [5, 5.41) is 0.985. The molecule has 0 spiro atoms. The van der Waals surface area contributed by atoms with Gasteiger partial charge >= 0.3 is 0 Å². The largest absolute Gasteiger partial charge is 0.497 e. The summed E-state index contributed by atoms with van der Waals surface area (Å²) in [6, 6.07) is 7.60. The molecule has 1 atom stereocenters. The third-order valence-corrected chi connectivity index (χ3v) is 4.55. The third kappa shape index (κ3) is 3.33. The Hall–Kier alpha value is -3.09. The Morgan fingerprint density at radius 1 is 1.31 bits per heavy atom. The van der Waals surface area contributed by atoms with Crippen LogP contribution in [-0.2, 0) is 0 Å². The van der Waals surface area contributed by atoms with E-state index >= 15 is 0 Å². The van der Waals surface area contributed by atoms with Crippen molar-refractivity contribution >= 4 is 16.8 Å². The molecule has 0 radical (unpaired) electrons. The van der Waals surface area contributed by atoms with Crippen LogP contribution in [0.25, 0.3) is 10.9 Å². The first-order chi connectivity index (χ1) is 12.7. The van der Waals surface area contributed by atoms with Crippen LogP contribution in [0, 0.1) is 0 Å². The molecular weight excluding hydrogens is 332 g/mol. The van der Waals surface area contributed by atoms with Gasteiger partial charge in [0.15, 0.2) is 0 Å². The molecule has 1 N–H and O–H groups in total. The molecule has 134 valence electrons. The number of carbonyl (C=O) groups is 1. The average molecular weight is 352 g/mol. The number of carbonyl (C=O) groups excluding carboxylic acids is 1. The van der Waals surface area contributed by atoms with Crippen LogP contribution < -0.4 is 9.47 Å². The minimum atomic E-state index is -0.0751. The van der Waals surface area contributed by atoms with Gasteiger partial charge < -0.3 is 19.4 Å². The highest BCUT2D eigenvalue weighted by Crippen LogP contribution is 2.23. The van der Waals surface area contributed by atoms with Crippen LogP contribution in [-0.4, -0.2) is 52.1 Å². The van der Waals surface area contributed by atoms with Crippen molar-refractivity contribution in [1.29, 1.82) is 0 Å². The van der Waals surface area contributed by atoms with E-state index in [0.717, 1.165) is 36.0 Å². The van der Waals surface area contributed by atoms with Crippen molar-refractivity contribution in [3.05, 3.63) is 48.5 Å². The number of fused-ring (bicyclic) bond motifs is 1. The summed E-state index contributed by atoms with van der Waals surface area (Å²) in [7, 11) is 1.63. The van der Waals surface area contributed by atoms with E-state index in [1.807, 2.05) is 29.2 Å². The molecule has 26 heavy (non-hydrogen) atoms. The Morgan fingerprint density at radius 3 is 3.04 bits per heavy atom. The topological polar surface area (TPSA) is 80.3 Å². The molecule has 4 rings (SSSR count). The summed E-state index contributed by atoms with van der Waals surface area (Å²) in [5.41, 5.74) is 1.46. The average Bonchev–Trinajstić information content (AvgIpc) is 3.11. The van der Waals surface area contributed by atoms with Crippen LogP contribution in [0.1, 0.15) is 23.3 Å². The number of aromatic nitrogens is 3. The van der Waals surface area contributed by atoms with Crippen molar-refractivity contribution in [3.63, 3.8) is 0 Å². The molecular formula is C19H20N4O3. The molecule has 1 aliphatic rings. The van der Waals surface area contributed by atoms with Gasteiger partial charge in [-0.3, -0.25) is 9.78 Å². The number of ether oxygens (including phenoxy) is 2. The van der Waals surface area contributed by atoms with E-state index in [0.29, 0.717) is 18.1 Å². The Morgan fingerprint density at radius 2 is 2.23 bits per heavy atom. The Bertz CT molecular complexity index is 910. The number of rotatable bonds is 4. The van der Waals surface area contributed by atoms with Crippen molar-refractivity contribution in [2.45, 2.75) is 18.9 Å². The second-order valence-corrected chi connectivity index (χ2v) is 6.31. The van der Waals surface area contributed by atoms with Crippen LogP contribution in [0.15, 0.2) is 42.9 Å². The van der Waals surface area contributed by atoms with Crippen molar-refractivity contribution in [2.24, 2.45) is 0 Å². The number of hydrogen-bond donors (Lipinski definition) is 1. The van der Waals surface area contributed by atoms with E-state index in [2.05, 4.69) is 15.0 Å². The number of amides is 1. The van der Waals surface area contributed by atoms with Crippen LogP contribution in [0.2, 0.25) is 0 Å². The Kier molecular flexibility index (Phi) is 4.43. The van der Waals surface area contributed by atoms with Crippen molar-refractivity contribution in [3.8, 4) is 11.6 Å². The number of aromatic amines is 1. The number of H-pyrrole nitrogens is 1. The van der Waals surface area contributed by atoms with Crippen LogP contribution in [0.4, 0.5) is 0 Å². The van der Waals surface area contributed by atoms with Gasteiger partial charge in [-0.25, -0.2) is 4.98 Å². The zero-order valence-electron chi connectivity index (χ0n) is 14.5. The van der Waals surface area contributed by atoms with Gasteiger partial charge in [0, 0.05) is 35.9 Å². The van der Waals surface area contributed by atoms with Gasteiger partial charge in [0.05, 0.1) is 19.9 Å². The summed E-state index contributed by atoms with van der Waals surface area (Å²) >= 11 is 0. The first-order valence-electron chi connectivity index (χ1n) is 8.61. The van der Waals surface area contributed by atoms with E-state index < -0.39 is 0 Å².